The summed E-state index contributed by atoms with van der Waals surface area (Å²) < 4.78 is 1.35. The SMILES string of the molecule is CCCCn1c(=O)n(CC(=O)O)c(=O)n(CC(=O)O)c1=O. The lowest BCUT2D eigenvalue weighted by Gasteiger charge is -2.11. The Bertz CT molecular complexity index is 671. The maximum atomic E-state index is 12.0. The smallest absolute Gasteiger partial charge is 0.337 e. The van der Waals surface area contributed by atoms with Crippen molar-refractivity contribution < 1.29 is 19.8 Å². The van der Waals surface area contributed by atoms with Crippen LogP contribution in [0.2, 0.25) is 0 Å². The summed E-state index contributed by atoms with van der Waals surface area (Å²) in [4.78, 5) is 57.3. The van der Waals surface area contributed by atoms with Crippen LogP contribution in [0.5, 0.6) is 0 Å². The third-order valence-electron chi connectivity index (χ3n) is 2.71. The van der Waals surface area contributed by atoms with E-state index in [1.165, 1.54) is 0 Å². The number of aromatic nitrogens is 3. The van der Waals surface area contributed by atoms with Crippen molar-refractivity contribution in [3.8, 4) is 0 Å². The number of carbonyl (C=O) groups is 2. The Morgan fingerprint density at radius 1 is 0.857 bits per heavy atom. The second kappa shape index (κ2) is 6.68. The maximum absolute atomic E-state index is 12.0. The van der Waals surface area contributed by atoms with E-state index in [0.717, 1.165) is 0 Å². The molecule has 0 aromatic carbocycles. The van der Waals surface area contributed by atoms with Crippen LogP contribution in [0.1, 0.15) is 19.8 Å². The zero-order valence-electron chi connectivity index (χ0n) is 11.3. The van der Waals surface area contributed by atoms with Gasteiger partial charge in [0.1, 0.15) is 13.1 Å². The number of aliphatic carboxylic acids is 2. The molecule has 21 heavy (non-hydrogen) atoms. The minimum Gasteiger partial charge on any atom is -0.480 e. The molecule has 0 aliphatic carbocycles. The molecule has 0 radical (unpaired) electrons. The molecule has 1 aromatic heterocycles. The van der Waals surface area contributed by atoms with Crippen LogP contribution in [0.25, 0.3) is 0 Å². The summed E-state index contributed by atoms with van der Waals surface area (Å²) in [6, 6.07) is 0. The molecule has 10 heteroatoms. The Kier molecular flexibility index (Phi) is 5.22. The van der Waals surface area contributed by atoms with Crippen LogP contribution in [0, 0.1) is 0 Å². The fraction of sp³-hybridized carbons (Fsp3) is 0.545. The fourth-order valence-electron chi connectivity index (χ4n) is 1.73. The second-order valence-electron chi connectivity index (χ2n) is 4.31. The van der Waals surface area contributed by atoms with Crippen molar-refractivity contribution in [3.05, 3.63) is 31.5 Å². The monoisotopic (exact) mass is 301 g/mol. The number of carboxylic acid groups (broad SMARTS) is 2. The summed E-state index contributed by atoms with van der Waals surface area (Å²) in [5.74, 6) is -2.89. The molecule has 0 bridgehead atoms. The van der Waals surface area contributed by atoms with Gasteiger partial charge in [-0.05, 0) is 6.42 Å². The van der Waals surface area contributed by atoms with E-state index < -0.39 is 42.1 Å². The first-order valence-corrected chi connectivity index (χ1v) is 6.17. The highest BCUT2D eigenvalue weighted by Crippen LogP contribution is 1.88. The van der Waals surface area contributed by atoms with Crippen molar-refractivity contribution in [1.82, 2.24) is 13.7 Å². The van der Waals surface area contributed by atoms with E-state index in [9.17, 15) is 24.0 Å². The van der Waals surface area contributed by atoms with E-state index in [0.29, 0.717) is 26.5 Å². The minimum absolute atomic E-state index is 0.0202. The Labute approximate surface area is 117 Å². The van der Waals surface area contributed by atoms with Crippen molar-refractivity contribution in [3.63, 3.8) is 0 Å². The first-order valence-electron chi connectivity index (χ1n) is 6.17. The van der Waals surface area contributed by atoms with Crippen molar-refractivity contribution >= 4 is 11.9 Å². The Balaban J connectivity index is 3.61. The predicted octanol–water partition coefficient (Wildman–Crippen LogP) is -1.86. The normalized spacial score (nSPS) is 10.5. The maximum Gasteiger partial charge on any atom is 0.337 e. The predicted molar refractivity (Wildman–Crippen MR) is 69.4 cm³/mol. The van der Waals surface area contributed by atoms with Crippen LogP contribution in [0.4, 0.5) is 0 Å². The molecular weight excluding hydrogens is 286 g/mol. The Morgan fingerprint density at radius 3 is 1.57 bits per heavy atom. The van der Waals surface area contributed by atoms with Crippen LogP contribution >= 0.6 is 0 Å². The molecule has 1 aromatic rings. The molecule has 0 aliphatic heterocycles. The van der Waals surface area contributed by atoms with Gasteiger partial charge in [0.25, 0.3) is 0 Å². The Hall–Kier alpha value is -2.65. The van der Waals surface area contributed by atoms with Crippen LogP contribution in [0.15, 0.2) is 14.4 Å². The zero-order valence-corrected chi connectivity index (χ0v) is 11.3. The van der Waals surface area contributed by atoms with Crippen molar-refractivity contribution in [2.45, 2.75) is 39.4 Å². The molecule has 0 atom stereocenters. The molecule has 1 rings (SSSR count). The highest BCUT2D eigenvalue weighted by molar-refractivity contribution is 5.67. The second-order valence-corrected chi connectivity index (χ2v) is 4.31. The molecule has 0 unspecified atom stereocenters. The summed E-state index contributed by atoms with van der Waals surface area (Å²) in [5, 5.41) is 17.4. The summed E-state index contributed by atoms with van der Waals surface area (Å²) in [5.41, 5.74) is -3.35. The van der Waals surface area contributed by atoms with Gasteiger partial charge in [0.15, 0.2) is 0 Å². The number of hydrogen-bond acceptors (Lipinski definition) is 5. The standard InChI is InChI=1S/C11H15N3O7/c1-2-3-4-12-9(19)13(5-7(15)16)11(21)14(10(12)20)6-8(17)18/h2-6H2,1H3,(H,15,16)(H,17,18). The third kappa shape index (κ3) is 3.68. The summed E-state index contributed by atoms with van der Waals surface area (Å²) >= 11 is 0. The number of unbranched alkanes of at least 4 members (excludes halogenated alkanes) is 1. The molecule has 2 N–H and O–H groups in total. The van der Waals surface area contributed by atoms with E-state index in [2.05, 4.69) is 0 Å². The highest BCUT2D eigenvalue weighted by Gasteiger charge is 2.18. The number of hydrogen-bond donors (Lipinski definition) is 2. The van der Waals surface area contributed by atoms with Gasteiger partial charge in [0.2, 0.25) is 0 Å². The molecule has 0 saturated heterocycles. The van der Waals surface area contributed by atoms with Crippen molar-refractivity contribution in [1.29, 1.82) is 0 Å². The van der Waals surface area contributed by atoms with Gasteiger partial charge < -0.3 is 10.2 Å². The van der Waals surface area contributed by atoms with E-state index in [4.69, 9.17) is 10.2 Å². The molecule has 0 aliphatic rings. The Morgan fingerprint density at radius 2 is 1.24 bits per heavy atom. The molecule has 0 amide bonds. The van der Waals surface area contributed by atoms with Crippen LogP contribution < -0.4 is 17.1 Å². The van der Waals surface area contributed by atoms with Gasteiger partial charge in [0.05, 0.1) is 0 Å². The van der Waals surface area contributed by atoms with Gasteiger partial charge in [-0.1, -0.05) is 13.3 Å². The van der Waals surface area contributed by atoms with Gasteiger partial charge in [-0.2, -0.15) is 0 Å². The van der Waals surface area contributed by atoms with Gasteiger partial charge in [-0.25, -0.2) is 28.1 Å². The van der Waals surface area contributed by atoms with Gasteiger partial charge in [-0.3, -0.25) is 9.59 Å². The quantitative estimate of drug-likeness (QED) is 0.601. The molecular formula is C11H15N3O7. The fourth-order valence-corrected chi connectivity index (χ4v) is 1.73. The van der Waals surface area contributed by atoms with Gasteiger partial charge >= 0.3 is 29.0 Å². The van der Waals surface area contributed by atoms with Crippen molar-refractivity contribution in [2.24, 2.45) is 0 Å². The van der Waals surface area contributed by atoms with E-state index in [1.807, 2.05) is 6.92 Å². The highest BCUT2D eigenvalue weighted by atomic mass is 16.4. The molecule has 10 nitrogen and oxygen atoms in total. The van der Waals surface area contributed by atoms with Crippen LogP contribution in [-0.2, 0) is 29.2 Å². The number of nitrogens with zero attached hydrogens (tertiary/aromatic N) is 3. The van der Waals surface area contributed by atoms with Crippen molar-refractivity contribution in [2.75, 3.05) is 0 Å². The van der Waals surface area contributed by atoms with E-state index in [1.54, 1.807) is 0 Å². The lowest BCUT2D eigenvalue weighted by molar-refractivity contribution is -0.138. The molecule has 0 fully saturated rings. The summed E-state index contributed by atoms with van der Waals surface area (Å²) in [6.45, 7) is -0.0881. The summed E-state index contributed by atoms with van der Waals surface area (Å²) in [7, 11) is 0. The van der Waals surface area contributed by atoms with Crippen LogP contribution in [-0.4, -0.2) is 35.9 Å². The number of carboxylic acids is 2. The average Bonchev–Trinajstić information content (AvgIpc) is 2.39. The number of rotatable bonds is 7. The first-order chi connectivity index (χ1) is 9.79. The molecule has 0 saturated carbocycles. The van der Waals surface area contributed by atoms with Gasteiger partial charge in [0, 0.05) is 6.54 Å². The van der Waals surface area contributed by atoms with Gasteiger partial charge in [-0.15, -0.1) is 0 Å². The lowest BCUT2D eigenvalue weighted by atomic mass is 10.3. The minimum atomic E-state index is -1.45. The van der Waals surface area contributed by atoms with E-state index >= 15 is 0 Å². The first kappa shape index (κ1) is 16.4. The average molecular weight is 301 g/mol. The third-order valence-corrected chi connectivity index (χ3v) is 2.71. The molecule has 116 valence electrons. The van der Waals surface area contributed by atoms with E-state index in [-0.39, 0.29) is 6.54 Å². The zero-order chi connectivity index (χ0) is 16.2. The van der Waals surface area contributed by atoms with Crippen LogP contribution in [0.3, 0.4) is 0 Å². The molecule has 1 heterocycles. The largest absolute Gasteiger partial charge is 0.480 e. The lowest BCUT2D eigenvalue weighted by Crippen LogP contribution is -2.55. The molecule has 0 spiro atoms. The topological polar surface area (TPSA) is 141 Å². The summed E-state index contributed by atoms with van der Waals surface area (Å²) in [6.07, 6.45) is 1.11.